The van der Waals surface area contributed by atoms with Gasteiger partial charge in [-0.15, -0.1) is 0 Å². The van der Waals surface area contributed by atoms with Crippen molar-refractivity contribution in [2.75, 3.05) is 4.90 Å². The maximum atomic E-state index is 14.6. The largest absolute Gasteiger partial charge is 0.285 e. The number of carbonyl (C=O) groups excluding carboxylic acids is 2. The molecular weight excluding hydrogens is 399 g/mol. The summed E-state index contributed by atoms with van der Waals surface area (Å²) in [5.41, 5.74) is 0.145. The van der Waals surface area contributed by atoms with Crippen LogP contribution in [0.1, 0.15) is 28.2 Å². The lowest BCUT2D eigenvalue weighted by Gasteiger charge is -2.48. The first-order valence-electron chi connectivity index (χ1n) is 9.95. The Labute approximate surface area is 176 Å². The molecule has 0 aromatic heterocycles. The molecule has 7 rings (SSSR count). The van der Waals surface area contributed by atoms with Crippen LogP contribution in [0.4, 0.5) is 10.1 Å². The molecule has 0 N–H and O–H groups in total. The number of rotatable bonds is 2. The van der Waals surface area contributed by atoms with Gasteiger partial charge in [0.05, 0.1) is 11.6 Å². The molecule has 0 saturated carbocycles. The molecule has 3 aromatic carbocycles. The maximum Gasteiger partial charge on any atom is 0.285 e. The molecule has 6 nitrogen and oxygen atoms in total. The summed E-state index contributed by atoms with van der Waals surface area (Å²) in [5.74, 6) is -4.77. The molecule has 31 heavy (non-hydrogen) atoms. The van der Waals surface area contributed by atoms with Crippen LogP contribution >= 0.6 is 0 Å². The van der Waals surface area contributed by atoms with Gasteiger partial charge in [-0.05, 0) is 23.3 Å². The van der Waals surface area contributed by atoms with Crippen LogP contribution in [0.15, 0.2) is 72.8 Å². The van der Waals surface area contributed by atoms with Gasteiger partial charge in [-0.25, -0.2) is 9.29 Å². The highest BCUT2D eigenvalue weighted by Gasteiger charge is 2.74. The first-order valence-corrected chi connectivity index (χ1v) is 9.95. The molecule has 3 aromatic rings. The summed E-state index contributed by atoms with van der Waals surface area (Å²) >= 11 is 0. The van der Waals surface area contributed by atoms with E-state index in [1.165, 1.54) is 24.3 Å². The van der Waals surface area contributed by atoms with E-state index in [1.54, 1.807) is 48.5 Å². The average molecular weight is 414 g/mol. The fraction of sp³-hybridized carbons (Fsp3) is 0.167. The number of hydrogen-bond donors (Lipinski definition) is 0. The molecule has 1 aliphatic heterocycles. The third kappa shape index (κ3) is 1.92. The first kappa shape index (κ1) is 17.9. The summed E-state index contributed by atoms with van der Waals surface area (Å²) in [6, 6.07) is 19.4. The molecule has 1 saturated heterocycles. The van der Waals surface area contributed by atoms with Gasteiger partial charge in [0.1, 0.15) is 11.7 Å². The van der Waals surface area contributed by atoms with E-state index in [0.717, 1.165) is 4.90 Å². The van der Waals surface area contributed by atoms with E-state index >= 15 is 0 Å². The minimum atomic E-state index is -1.90. The number of para-hydroxylation sites is 1. The van der Waals surface area contributed by atoms with Gasteiger partial charge in [-0.3, -0.25) is 19.7 Å². The summed E-state index contributed by atoms with van der Waals surface area (Å²) in [4.78, 5) is 40.4. The minimum Gasteiger partial charge on any atom is -0.274 e. The molecule has 0 unspecified atom stereocenters. The quantitative estimate of drug-likeness (QED) is 0.365. The van der Waals surface area contributed by atoms with Gasteiger partial charge in [-0.2, -0.15) is 0 Å². The number of anilines is 1. The topological polar surface area (TPSA) is 80.5 Å². The van der Waals surface area contributed by atoms with Crippen LogP contribution in [0.5, 0.6) is 0 Å². The first-order chi connectivity index (χ1) is 15.0. The van der Waals surface area contributed by atoms with Gasteiger partial charge >= 0.3 is 0 Å². The van der Waals surface area contributed by atoms with E-state index in [9.17, 15) is 24.1 Å². The Kier molecular flexibility index (Phi) is 3.38. The Balaban J connectivity index is 1.69. The highest BCUT2D eigenvalue weighted by atomic mass is 19.1. The van der Waals surface area contributed by atoms with Crippen molar-refractivity contribution in [2.24, 2.45) is 11.8 Å². The monoisotopic (exact) mass is 414 g/mol. The van der Waals surface area contributed by atoms with Crippen LogP contribution in [0.3, 0.4) is 0 Å². The lowest BCUT2D eigenvalue weighted by atomic mass is 9.51. The summed E-state index contributed by atoms with van der Waals surface area (Å²) in [6.07, 6.45) is 0. The van der Waals surface area contributed by atoms with Crippen molar-refractivity contribution in [2.45, 2.75) is 11.5 Å². The third-order valence-corrected chi connectivity index (χ3v) is 6.95. The predicted octanol–water partition coefficient (Wildman–Crippen LogP) is 3.61. The highest BCUT2D eigenvalue weighted by Crippen LogP contribution is 2.64. The second kappa shape index (κ2) is 5.85. The molecule has 1 fully saturated rings. The molecule has 2 bridgehead atoms. The fourth-order valence-electron chi connectivity index (χ4n) is 5.91. The number of nitrogens with zero attached hydrogens (tertiary/aromatic N) is 2. The van der Waals surface area contributed by atoms with Gasteiger partial charge < -0.3 is 0 Å². The number of nitro groups is 1. The maximum absolute atomic E-state index is 14.6. The van der Waals surface area contributed by atoms with E-state index in [-0.39, 0.29) is 5.69 Å². The van der Waals surface area contributed by atoms with Crippen LogP contribution in [-0.2, 0) is 15.1 Å². The van der Waals surface area contributed by atoms with E-state index in [4.69, 9.17) is 0 Å². The van der Waals surface area contributed by atoms with Crippen LogP contribution in [0, 0.1) is 27.8 Å². The van der Waals surface area contributed by atoms with E-state index in [1.807, 2.05) is 0 Å². The number of hydrogen-bond acceptors (Lipinski definition) is 4. The summed E-state index contributed by atoms with van der Waals surface area (Å²) in [5, 5.41) is 12.8. The number of halogens is 1. The summed E-state index contributed by atoms with van der Waals surface area (Å²) < 4.78 is 14.6. The van der Waals surface area contributed by atoms with Gasteiger partial charge in [0.15, 0.2) is 0 Å². The smallest absolute Gasteiger partial charge is 0.274 e. The molecule has 152 valence electrons. The Morgan fingerprint density at radius 3 is 1.97 bits per heavy atom. The molecular formula is C24H15FN2O4. The van der Waals surface area contributed by atoms with E-state index in [0.29, 0.717) is 22.3 Å². The molecule has 7 heteroatoms. The zero-order valence-electron chi connectivity index (χ0n) is 16.1. The van der Waals surface area contributed by atoms with Crippen LogP contribution in [-0.4, -0.2) is 16.7 Å². The Hall–Kier alpha value is -3.87. The zero-order chi connectivity index (χ0) is 21.5. The average Bonchev–Trinajstić information content (AvgIpc) is 3.05. The molecule has 0 radical (unpaired) electrons. The van der Waals surface area contributed by atoms with Crippen molar-refractivity contribution in [3.63, 3.8) is 0 Å². The van der Waals surface area contributed by atoms with Gasteiger partial charge in [0, 0.05) is 22.0 Å². The minimum absolute atomic E-state index is 0.169. The van der Waals surface area contributed by atoms with Crippen molar-refractivity contribution >= 4 is 17.5 Å². The third-order valence-electron chi connectivity index (χ3n) is 6.95. The van der Waals surface area contributed by atoms with E-state index in [2.05, 4.69) is 0 Å². The molecule has 3 aliphatic carbocycles. The van der Waals surface area contributed by atoms with Crippen molar-refractivity contribution < 1.29 is 18.9 Å². The Morgan fingerprint density at radius 2 is 1.39 bits per heavy atom. The fourth-order valence-corrected chi connectivity index (χ4v) is 5.91. The lowest BCUT2D eigenvalue weighted by Crippen LogP contribution is -2.57. The number of benzene rings is 3. The lowest BCUT2D eigenvalue weighted by molar-refractivity contribution is -0.578. The Morgan fingerprint density at radius 1 is 0.839 bits per heavy atom. The predicted molar refractivity (Wildman–Crippen MR) is 108 cm³/mol. The van der Waals surface area contributed by atoms with Crippen molar-refractivity contribution in [1.29, 1.82) is 0 Å². The van der Waals surface area contributed by atoms with Crippen molar-refractivity contribution in [3.05, 3.63) is 111 Å². The summed E-state index contributed by atoms with van der Waals surface area (Å²) in [7, 11) is 0. The zero-order valence-corrected chi connectivity index (χ0v) is 16.1. The second-order valence-corrected chi connectivity index (χ2v) is 8.14. The van der Waals surface area contributed by atoms with Crippen LogP contribution in [0.2, 0.25) is 0 Å². The normalized spacial score (nSPS) is 27.6. The second-order valence-electron chi connectivity index (χ2n) is 8.14. The van der Waals surface area contributed by atoms with Gasteiger partial charge in [-0.1, -0.05) is 60.7 Å². The van der Waals surface area contributed by atoms with Crippen molar-refractivity contribution in [3.8, 4) is 0 Å². The van der Waals surface area contributed by atoms with Gasteiger partial charge in [0.25, 0.3) is 5.54 Å². The molecule has 2 atom stereocenters. The summed E-state index contributed by atoms with van der Waals surface area (Å²) in [6.45, 7) is 0. The molecule has 2 amide bonds. The van der Waals surface area contributed by atoms with Crippen LogP contribution in [0.25, 0.3) is 0 Å². The number of imide groups is 1. The highest BCUT2D eigenvalue weighted by molar-refractivity contribution is 6.23. The SMILES string of the molecule is O=C1[C@@H]2C3c4ccccc4C([N+](=O)[O-])(c4ccccc43)[C@H]2C(=O)N1c1ccccc1F. The van der Waals surface area contributed by atoms with Gasteiger partial charge in [0.2, 0.25) is 11.8 Å². The number of carbonyl (C=O) groups is 2. The molecule has 0 spiro atoms. The van der Waals surface area contributed by atoms with Crippen molar-refractivity contribution in [1.82, 2.24) is 0 Å². The van der Waals surface area contributed by atoms with Crippen LogP contribution < -0.4 is 4.90 Å². The number of amides is 2. The standard InChI is InChI=1S/C24H15FN2O4/c25-17-11-5-6-12-18(17)26-22(28)20-19-13-7-1-3-9-15(13)24(27(30)31,21(20)23(26)29)16-10-4-2-8-14(16)19/h1-12,19-21H/t19?,20-,21-,24?/m1/s1. The molecule has 1 heterocycles. The Bertz CT molecular complexity index is 1270. The molecule has 4 aliphatic rings. The van der Waals surface area contributed by atoms with E-state index < -0.39 is 45.8 Å².